The molecule has 2 aromatic carbocycles. The van der Waals surface area contributed by atoms with Crippen LogP contribution in [0.1, 0.15) is 27.3 Å². The van der Waals surface area contributed by atoms with Crippen LogP contribution in [0.5, 0.6) is 5.75 Å². The number of halogens is 1. The maximum atomic E-state index is 14.2. The van der Waals surface area contributed by atoms with Crippen LogP contribution in [0.4, 0.5) is 10.2 Å². The Bertz CT molecular complexity index is 1980. The van der Waals surface area contributed by atoms with Crippen LogP contribution in [0.3, 0.4) is 0 Å². The van der Waals surface area contributed by atoms with Gasteiger partial charge in [0.2, 0.25) is 0 Å². The molecular weight excluding hydrogens is 541 g/mol. The predicted molar refractivity (Wildman–Crippen MR) is 153 cm³/mol. The molecule has 12 nitrogen and oxygen atoms in total. The number of amides is 1. The summed E-state index contributed by atoms with van der Waals surface area (Å²) >= 11 is 0. The fraction of sp³-hybridized carbons (Fsp3) is 0.172. The fourth-order valence-corrected chi connectivity index (χ4v) is 5.00. The number of anilines is 1. The minimum atomic E-state index is -0.632. The van der Waals surface area contributed by atoms with Gasteiger partial charge in [0.25, 0.3) is 5.91 Å². The van der Waals surface area contributed by atoms with Crippen molar-refractivity contribution >= 4 is 28.3 Å². The van der Waals surface area contributed by atoms with Gasteiger partial charge in [0.05, 0.1) is 23.2 Å². The van der Waals surface area contributed by atoms with Gasteiger partial charge in [0.1, 0.15) is 36.0 Å². The van der Waals surface area contributed by atoms with Gasteiger partial charge in [0.15, 0.2) is 11.5 Å². The normalized spacial score (nSPS) is 11.4. The molecule has 0 aliphatic rings. The Labute approximate surface area is 238 Å². The smallest absolute Gasteiger partial charge is 0.251 e. The number of aromatic nitrogens is 7. The zero-order chi connectivity index (χ0) is 29.5. The molecule has 6 rings (SSSR count). The Balaban J connectivity index is 1.49. The molecule has 0 aliphatic carbocycles. The van der Waals surface area contributed by atoms with E-state index in [1.165, 1.54) is 18.5 Å². The van der Waals surface area contributed by atoms with E-state index in [-0.39, 0.29) is 37.2 Å². The van der Waals surface area contributed by atoms with Crippen molar-refractivity contribution in [3.05, 3.63) is 83.3 Å². The number of fused-ring (bicyclic) bond motifs is 2. The minimum absolute atomic E-state index is 0.0735. The Morgan fingerprint density at radius 2 is 1.86 bits per heavy atom. The van der Waals surface area contributed by atoms with Crippen LogP contribution < -0.4 is 11.1 Å². The maximum absolute atomic E-state index is 14.2. The molecule has 5 N–H and O–H groups in total. The summed E-state index contributed by atoms with van der Waals surface area (Å²) in [5.41, 5.74) is 11.5. The third-order valence-corrected chi connectivity index (χ3v) is 6.77. The molecule has 212 valence electrons. The first-order valence-electron chi connectivity index (χ1n) is 13.0. The second kappa shape index (κ2) is 10.5. The van der Waals surface area contributed by atoms with Crippen molar-refractivity contribution in [2.45, 2.75) is 20.4 Å². The lowest BCUT2D eigenvalue weighted by Crippen LogP contribution is -2.26. The topological polar surface area (TPSA) is 169 Å². The standard InChI is InChI=1S/C29H26FN9O3/c1-15-7-17(9-19(8-15)29(42)32-4-6-40)25-26-16(2)3-5-38(26)36-22(35-25)13-39-28-23(27(31)33-14-34-28)24(37-39)18-10-20(30)12-21(41)11-18/h3,5,7-12,14,40-41H,4,6,13H2,1-2H3,(H,32,42)(H2,31,33,34). The molecule has 13 heteroatoms. The van der Waals surface area contributed by atoms with Gasteiger partial charge in [-0.1, -0.05) is 0 Å². The van der Waals surface area contributed by atoms with E-state index in [1.807, 2.05) is 32.2 Å². The van der Waals surface area contributed by atoms with Crippen molar-refractivity contribution in [1.29, 1.82) is 0 Å². The number of aryl methyl sites for hydroxylation is 2. The molecule has 0 saturated heterocycles. The summed E-state index contributed by atoms with van der Waals surface area (Å²) in [5.74, 6) is -0.659. The fourth-order valence-electron chi connectivity index (χ4n) is 5.00. The van der Waals surface area contributed by atoms with E-state index in [4.69, 9.17) is 20.9 Å². The van der Waals surface area contributed by atoms with Crippen molar-refractivity contribution in [2.24, 2.45) is 0 Å². The number of hydrogen-bond acceptors (Lipinski definition) is 9. The predicted octanol–water partition coefficient (Wildman–Crippen LogP) is 3.02. The molecule has 1 amide bonds. The average molecular weight is 568 g/mol. The number of rotatable bonds is 7. The molecule has 0 aliphatic heterocycles. The molecule has 42 heavy (non-hydrogen) atoms. The Morgan fingerprint density at radius 1 is 1.05 bits per heavy atom. The second-order valence-electron chi connectivity index (χ2n) is 9.90. The number of carbonyl (C=O) groups excluding carboxylic acids is 1. The van der Waals surface area contributed by atoms with Crippen LogP contribution >= 0.6 is 0 Å². The number of nitrogens with zero attached hydrogens (tertiary/aromatic N) is 7. The first kappa shape index (κ1) is 26.8. The molecule has 4 heterocycles. The van der Waals surface area contributed by atoms with Crippen molar-refractivity contribution < 1.29 is 19.4 Å². The number of aliphatic hydroxyl groups excluding tert-OH is 1. The van der Waals surface area contributed by atoms with Gasteiger partial charge in [-0.05, 0) is 61.4 Å². The number of aromatic hydroxyl groups is 1. The van der Waals surface area contributed by atoms with Gasteiger partial charge in [0, 0.05) is 35.5 Å². The lowest BCUT2D eigenvalue weighted by Gasteiger charge is -2.12. The van der Waals surface area contributed by atoms with Crippen LogP contribution in [-0.2, 0) is 6.54 Å². The first-order chi connectivity index (χ1) is 20.2. The summed E-state index contributed by atoms with van der Waals surface area (Å²) in [6.45, 7) is 3.90. The zero-order valence-corrected chi connectivity index (χ0v) is 22.7. The Morgan fingerprint density at radius 3 is 2.64 bits per heavy atom. The van der Waals surface area contributed by atoms with Crippen molar-refractivity contribution in [3.8, 4) is 28.3 Å². The maximum Gasteiger partial charge on any atom is 0.251 e. The van der Waals surface area contributed by atoms with Gasteiger partial charge in [-0.2, -0.15) is 10.2 Å². The summed E-state index contributed by atoms with van der Waals surface area (Å²) in [4.78, 5) is 26.1. The molecular formula is C29H26FN9O3. The van der Waals surface area contributed by atoms with Crippen LogP contribution in [0, 0.1) is 19.7 Å². The van der Waals surface area contributed by atoms with Gasteiger partial charge < -0.3 is 21.3 Å². The molecule has 0 saturated carbocycles. The summed E-state index contributed by atoms with van der Waals surface area (Å²) in [6.07, 6.45) is 3.13. The Hall–Kier alpha value is -5.43. The van der Waals surface area contributed by atoms with Crippen LogP contribution in [0.15, 0.2) is 55.0 Å². The molecule has 0 spiro atoms. The highest BCUT2D eigenvalue weighted by Crippen LogP contribution is 2.33. The molecule has 0 unspecified atom stereocenters. The molecule has 0 radical (unpaired) electrons. The second-order valence-corrected chi connectivity index (χ2v) is 9.90. The van der Waals surface area contributed by atoms with E-state index in [1.54, 1.807) is 21.3 Å². The van der Waals surface area contributed by atoms with Gasteiger partial charge in [-0.15, -0.1) is 0 Å². The van der Waals surface area contributed by atoms with Gasteiger partial charge in [-0.25, -0.2) is 28.5 Å². The van der Waals surface area contributed by atoms with E-state index in [2.05, 4.69) is 20.4 Å². The average Bonchev–Trinajstić information content (AvgIpc) is 3.51. The minimum Gasteiger partial charge on any atom is -0.508 e. The molecule has 6 aromatic rings. The number of aliphatic hydroxyl groups is 1. The highest BCUT2D eigenvalue weighted by Gasteiger charge is 2.21. The summed E-state index contributed by atoms with van der Waals surface area (Å²) in [6, 6.07) is 11.0. The number of phenols is 1. The summed E-state index contributed by atoms with van der Waals surface area (Å²) in [5, 5.41) is 31.6. The van der Waals surface area contributed by atoms with E-state index in [0.717, 1.165) is 22.7 Å². The zero-order valence-electron chi connectivity index (χ0n) is 22.7. The van der Waals surface area contributed by atoms with Crippen molar-refractivity contribution in [1.82, 2.24) is 39.7 Å². The van der Waals surface area contributed by atoms with Gasteiger partial charge in [-0.3, -0.25) is 4.79 Å². The van der Waals surface area contributed by atoms with Crippen molar-refractivity contribution in [3.63, 3.8) is 0 Å². The lowest BCUT2D eigenvalue weighted by atomic mass is 10.0. The summed E-state index contributed by atoms with van der Waals surface area (Å²) < 4.78 is 17.5. The molecule has 4 aromatic heterocycles. The molecule has 0 bridgehead atoms. The van der Waals surface area contributed by atoms with Crippen LogP contribution in [-0.4, -0.2) is 63.6 Å². The van der Waals surface area contributed by atoms with E-state index >= 15 is 0 Å². The number of phenolic OH excluding ortho intramolecular Hbond substituents is 1. The third kappa shape index (κ3) is 4.86. The van der Waals surface area contributed by atoms with E-state index < -0.39 is 5.82 Å². The SMILES string of the molecule is Cc1cc(C(=O)NCCO)cc(-c2nc(Cn3nc(-c4cc(O)cc(F)c4)c4c(N)ncnc43)nn3ccc(C)c23)c1. The summed E-state index contributed by atoms with van der Waals surface area (Å²) in [7, 11) is 0. The number of carbonyl (C=O) groups is 1. The van der Waals surface area contributed by atoms with Gasteiger partial charge >= 0.3 is 0 Å². The van der Waals surface area contributed by atoms with Crippen LogP contribution in [0.25, 0.3) is 39.1 Å². The van der Waals surface area contributed by atoms with E-state index in [0.29, 0.717) is 44.9 Å². The number of nitrogens with two attached hydrogens (primary N) is 1. The number of nitrogens with one attached hydrogen (secondary N) is 1. The lowest BCUT2D eigenvalue weighted by molar-refractivity contribution is 0.0944. The van der Waals surface area contributed by atoms with E-state index in [9.17, 15) is 14.3 Å². The Kier molecular flexibility index (Phi) is 6.71. The van der Waals surface area contributed by atoms with Crippen LogP contribution in [0.2, 0.25) is 0 Å². The highest BCUT2D eigenvalue weighted by atomic mass is 19.1. The highest BCUT2D eigenvalue weighted by molar-refractivity contribution is 5.98. The quantitative estimate of drug-likeness (QED) is 0.226. The first-order valence-corrected chi connectivity index (χ1v) is 13.0. The van der Waals surface area contributed by atoms with Crippen molar-refractivity contribution in [2.75, 3.05) is 18.9 Å². The largest absolute Gasteiger partial charge is 0.508 e. The number of benzene rings is 2. The molecule has 0 fully saturated rings. The third-order valence-electron chi connectivity index (χ3n) is 6.77. The monoisotopic (exact) mass is 567 g/mol. The number of nitrogen functional groups attached to an aromatic ring is 1. The number of hydrogen-bond donors (Lipinski definition) is 4. The molecule has 0 atom stereocenters.